The van der Waals surface area contributed by atoms with E-state index in [0.717, 1.165) is 22.2 Å². The smallest absolute Gasteiger partial charge is 0.258 e. The van der Waals surface area contributed by atoms with Gasteiger partial charge in [0.1, 0.15) is 11.0 Å². The van der Waals surface area contributed by atoms with Crippen LogP contribution in [0.2, 0.25) is 0 Å². The first-order valence-corrected chi connectivity index (χ1v) is 8.30. The predicted molar refractivity (Wildman–Crippen MR) is 96.6 cm³/mol. The van der Waals surface area contributed by atoms with E-state index in [1.807, 2.05) is 54.7 Å². The predicted octanol–water partition coefficient (Wildman–Crippen LogP) is 3.42. The molecule has 3 aromatic rings. The van der Waals surface area contributed by atoms with Gasteiger partial charge in [0, 0.05) is 35.3 Å². The standard InChI is InChI=1S/C18H16N2O2S/c1-3-23(22)19-14-8-6-7-13(11-14)17-12-20(2)18(21)16-10-5-4-9-15(16)17/h3-12,19H,1H2,2H3. The van der Waals surface area contributed by atoms with Crippen molar-refractivity contribution in [3.05, 3.63) is 77.1 Å². The second-order valence-corrected chi connectivity index (χ2v) is 6.28. The van der Waals surface area contributed by atoms with Gasteiger partial charge in [0.2, 0.25) is 0 Å². The molecule has 1 heterocycles. The summed E-state index contributed by atoms with van der Waals surface area (Å²) in [6.07, 6.45) is 1.83. The molecule has 4 nitrogen and oxygen atoms in total. The molecule has 0 saturated carbocycles. The Morgan fingerprint density at radius 3 is 2.61 bits per heavy atom. The zero-order valence-corrected chi connectivity index (χ0v) is 13.5. The van der Waals surface area contributed by atoms with Gasteiger partial charge in [0.15, 0.2) is 0 Å². The Kier molecular flexibility index (Phi) is 4.12. The Morgan fingerprint density at radius 1 is 1.13 bits per heavy atom. The summed E-state index contributed by atoms with van der Waals surface area (Å²) in [5.74, 6) is 0. The number of hydrogen-bond acceptors (Lipinski definition) is 2. The van der Waals surface area contributed by atoms with Crippen LogP contribution in [0.4, 0.5) is 5.69 Å². The maximum absolute atomic E-state index is 12.3. The van der Waals surface area contributed by atoms with Crippen molar-refractivity contribution in [1.29, 1.82) is 0 Å². The lowest BCUT2D eigenvalue weighted by atomic mass is 10.0. The van der Waals surface area contributed by atoms with Gasteiger partial charge < -0.3 is 9.29 Å². The van der Waals surface area contributed by atoms with Crippen LogP contribution in [-0.2, 0) is 18.0 Å². The average molecular weight is 324 g/mol. The SMILES string of the molecule is C=CS(=O)Nc1cccc(-c2cn(C)c(=O)c3ccccc23)c1. The molecule has 23 heavy (non-hydrogen) atoms. The summed E-state index contributed by atoms with van der Waals surface area (Å²) >= 11 is 0. The molecule has 116 valence electrons. The number of aromatic nitrogens is 1. The molecule has 0 radical (unpaired) electrons. The summed E-state index contributed by atoms with van der Waals surface area (Å²) in [5.41, 5.74) is 2.61. The molecule has 0 aliphatic rings. The number of aryl methyl sites for hydroxylation is 1. The molecule has 1 atom stereocenters. The topological polar surface area (TPSA) is 51.1 Å². The van der Waals surface area contributed by atoms with E-state index < -0.39 is 11.0 Å². The van der Waals surface area contributed by atoms with Crippen molar-refractivity contribution in [3.8, 4) is 11.1 Å². The van der Waals surface area contributed by atoms with Gasteiger partial charge in [-0.1, -0.05) is 36.9 Å². The molecular weight excluding hydrogens is 308 g/mol. The molecule has 5 heteroatoms. The zero-order chi connectivity index (χ0) is 16.4. The van der Waals surface area contributed by atoms with Crippen molar-refractivity contribution in [2.24, 2.45) is 7.05 Å². The minimum absolute atomic E-state index is 0.0219. The first-order valence-electron chi connectivity index (χ1n) is 7.09. The van der Waals surface area contributed by atoms with Crippen LogP contribution in [0.3, 0.4) is 0 Å². The van der Waals surface area contributed by atoms with Crippen LogP contribution < -0.4 is 10.3 Å². The highest BCUT2D eigenvalue weighted by Crippen LogP contribution is 2.28. The van der Waals surface area contributed by atoms with Crippen molar-refractivity contribution in [1.82, 2.24) is 4.57 Å². The lowest BCUT2D eigenvalue weighted by Gasteiger charge is -2.11. The van der Waals surface area contributed by atoms with Gasteiger partial charge in [-0.25, -0.2) is 4.21 Å². The lowest BCUT2D eigenvalue weighted by Crippen LogP contribution is -2.16. The van der Waals surface area contributed by atoms with E-state index in [1.165, 1.54) is 5.41 Å². The van der Waals surface area contributed by atoms with Crippen molar-refractivity contribution >= 4 is 27.4 Å². The molecule has 2 aromatic carbocycles. The van der Waals surface area contributed by atoms with Gasteiger partial charge in [-0.15, -0.1) is 0 Å². The van der Waals surface area contributed by atoms with Crippen LogP contribution in [0.1, 0.15) is 0 Å². The third kappa shape index (κ3) is 2.96. The normalized spacial score (nSPS) is 12.0. The van der Waals surface area contributed by atoms with Crippen LogP contribution in [0, 0.1) is 0 Å². The molecule has 0 bridgehead atoms. The van der Waals surface area contributed by atoms with Gasteiger partial charge in [-0.2, -0.15) is 0 Å². The molecular formula is C18H16N2O2S. The van der Waals surface area contributed by atoms with Crippen LogP contribution in [-0.4, -0.2) is 8.78 Å². The van der Waals surface area contributed by atoms with Crippen molar-refractivity contribution in [2.45, 2.75) is 0 Å². The van der Waals surface area contributed by atoms with Crippen molar-refractivity contribution in [2.75, 3.05) is 4.72 Å². The van der Waals surface area contributed by atoms with Crippen LogP contribution in [0.25, 0.3) is 21.9 Å². The maximum atomic E-state index is 12.3. The number of benzene rings is 2. The van der Waals surface area contributed by atoms with Gasteiger partial charge in [-0.05, 0) is 29.1 Å². The number of fused-ring (bicyclic) bond motifs is 1. The molecule has 0 saturated heterocycles. The summed E-state index contributed by atoms with van der Waals surface area (Å²) in [5, 5.41) is 2.92. The van der Waals surface area contributed by atoms with Crippen molar-refractivity contribution in [3.63, 3.8) is 0 Å². The van der Waals surface area contributed by atoms with Gasteiger partial charge in [-0.3, -0.25) is 4.79 Å². The molecule has 1 N–H and O–H groups in total. The molecule has 1 aromatic heterocycles. The van der Waals surface area contributed by atoms with E-state index in [0.29, 0.717) is 5.39 Å². The monoisotopic (exact) mass is 324 g/mol. The van der Waals surface area contributed by atoms with Crippen molar-refractivity contribution < 1.29 is 4.21 Å². The quantitative estimate of drug-likeness (QED) is 0.799. The third-order valence-electron chi connectivity index (χ3n) is 3.63. The molecule has 0 fully saturated rings. The van der Waals surface area contributed by atoms with Gasteiger partial charge in [0.25, 0.3) is 5.56 Å². The van der Waals surface area contributed by atoms with Crippen LogP contribution in [0.5, 0.6) is 0 Å². The molecule has 0 spiro atoms. The highest BCUT2D eigenvalue weighted by molar-refractivity contribution is 7.89. The van der Waals surface area contributed by atoms with Gasteiger partial charge >= 0.3 is 0 Å². The highest BCUT2D eigenvalue weighted by Gasteiger charge is 2.09. The number of hydrogen-bond donors (Lipinski definition) is 1. The Hall–Kier alpha value is -2.66. The highest BCUT2D eigenvalue weighted by atomic mass is 32.2. The minimum Gasteiger partial charge on any atom is -0.317 e. The Bertz CT molecular complexity index is 976. The average Bonchev–Trinajstić information content (AvgIpc) is 2.58. The van der Waals surface area contributed by atoms with E-state index in [4.69, 9.17) is 0 Å². The Labute approximate surface area is 136 Å². The zero-order valence-electron chi connectivity index (χ0n) is 12.7. The second kappa shape index (κ2) is 6.22. The first-order chi connectivity index (χ1) is 11.1. The van der Waals surface area contributed by atoms with E-state index >= 15 is 0 Å². The van der Waals surface area contributed by atoms with Gasteiger partial charge in [0.05, 0.1) is 0 Å². The molecule has 0 aliphatic heterocycles. The number of anilines is 1. The molecule has 3 rings (SSSR count). The fourth-order valence-corrected chi connectivity index (χ4v) is 3.00. The number of rotatable bonds is 4. The Morgan fingerprint density at radius 2 is 1.87 bits per heavy atom. The summed E-state index contributed by atoms with van der Waals surface area (Å²) < 4.78 is 16.0. The lowest BCUT2D eigenvalue weighted by molar-refractivity contribution is 0.691. The Balaban J connectivity index is 2.19. The van der Waals surface area contributed by atoms with E-state index in [1.54, 1.807) is 11.6 Å². The number of nitrogens with one attached hydrogen (secondary N) is 1. The number of nitrogens with zero attached hydrogens (tertiary/aromatic N) is 1. The third-order valence-corrected chi connectivity index (χ3v) is 4.37. The molecule has 0 amide bonds. The maximum Gasteiger partial charge on any atom is 0.258 e. The van der Waals surface area contributed by atoms with E-state index in [2.05, 4.69) is 11.3 Å². The first kappa shape index (κ1) is 15.2. The van der Waals surface area contributed by atoms with E-state index in [9.17, 15) is 9.00 Å². The van der Waals surface area contributed by atoms with E-state index in [-0.39, 0.29) is 5.56 Å². The number of pyridine rings is 1. The second-order valence-electron chi connectivity index (χ2n) is 5.15. The summed E-state index contributed by atoms with van der Waals surface area (Å²) in [6.45, 7) is 3.50. The van der Waals surface area contributed by atoms with Crippen LogP contribution >= 0.6 is 0 Å². The summed E-state index contributed by atoms with van der Waals surface area (Å²) in [7, 11) is 0.424. The summed E-state index contributed by atoms with van der Waals surface area (Å²) in [4.78, 5) is 12.3. The molecule has 1 unspecified atom stereocenters. The fraction of sp³-hybridized carbons (Fsp3) is 0.0556. The van der Waals surface area contributed by atoms with Crippen LogP contribution in [0.15, 0.2) is 71.5 Å². The minimum atomic E-state index is -1.32. The largest absolute Gasteiger partial charge is 0.317 e. The molecule has 0 aliphatic carbocycles. The summed E-state index contributed by atoms with van der Waals surface area (Å²) in [6, 6.07) is 15.2. The fourth-order valence-electron chi connectivity index (χ4n) is 2.55.